The third kappa shape index (κ3) is 2.96. The van der Waals surface area contributed by atoms with Crippen molar-refractivity contribution in [2.24, 2.45) is 10.8 Å². The summed E-state index contributed by atoms with van der Waals surface area (Å²) in [5, 5.41) is 0.0804. The van der Waals surface area contributed by atoms with E-state index < -0.39 is 5.82 Å². The Morgan fingerprint density at radius 2 is 2.12 bits per heavy atom. The van der Waals surface area contributed by atoms with E-state index in [9.17, 15) is 4.39 Å². The molecule has 0 radical (unpaired) electrons. The van der Waals surface area contributed by atoms with Crippen LogP contribution in [0.15, 0.2) is 23.2 Å². The van der Waals surface area contributed by atoms with Gasteiger partial charge in [-0.05, 0) is 31.0 Å². The second kappa shape index (κ2) is 5.47. The Balaban J connectivity index is 2.24. The molecule has 0 amide bonds. The van der Waals surface area contributed by atoms with Gasteiger partial charge in [-0.25, -0.2) is 10.2 Å². The van der Waals surface area contributed by atoms with Gasteiger partial charge in [0.05, 0.1) is 11.1 Å². The van der Waals surface area contributed by atoms with Crippen LogP contribution < -0.4 is 11.3 Å². The average Bonchev–Trinajstić information content (AvgIpc) is 2.82. The van der Waals surface area contributed by atoms with Crippen LogP contribution in [0.1, 0.15) is 31.2 Å². The molecule has 5 heteroatoms. The summed E-state index contributed by atoms with van der Waals surface area (Å²) in [6, 6.07) is 4.78. The second-order valence-electron chi connectivity index (χ2n) is 4.19. The molecule has 1 saturated carbocycles. The van der Waals surface area contributed by atoms with Crippen LogP contribution in [0.25, 0.3) is 0 Å². The van der Waals surface area contributed by atoms with E-state index in [0.29, 0.717) is 17.4 Å². The predicted molar refractivity (Wildman–Crippen MR) is 67.5 cm³/mol. The minimum atomic E-state index is -0.437. The molecular weight excluding hydrogens is 241 g/mol. The zero-order chi connectivity index (χ0) is 12.3. The molecular formula is C12H15ClFN3. The molecule has 0 saturated heterocycles. The number of nitrogens with one attached hydrogen (secondary N) is 1. The number of hydrogen-bond acceptors (Lipinski definition) is 2. The van der Waals surface area contributed by atoms with Crippen molar-refractivity contribution in [3.63, 3.8) is 0 Å². The molecule has 1 fully saturated rings. The van der Waals surface area contributed by atoms with Crippen molar-refractivity contribution in [1.29, 1.82) is 0 Å². The Hall–Kier alpha value is -1.13. The number of nitrogens with zero attached hydrogens (tertiary/aromatic N) is 1. The molecule has 92 valence electrons. The van der Waals surface area contributed by atoms with Crippen molar-refractivity contribution in [3.05, 3.63) is 34.6 Å². The van der Waals surface area contributed by atoms with Gasteiger partial charge in [0.15, 0.2) is 0 Å². The topological polar surface area (TPSA) is 50.4 Å². The van der Waals surface area contributed by atoms with Crippen LogP contribution in [0.5, 0.6) is 0 Å². The van der Waals surface area contributed by atoms with E-state index in [2.05, 4.69) is 10.4 Å². The third-order valence-electron chi connectivity index (χ3n) is 2.97. The van der Waals surface area contributed by atoms with Crippen molar-refractivity contribution in [2.45, 2.75) is 31.7 Å². The highest BCUT2D eigenvalue weighted by molar-refractivity contribution is 6.31. The van der Waals surface area contributed by atoms with Gasteiger partial charge in [0.25, 0.3) is 0 Å². The van der Waals surface area contributed by atoms with Crippen LogP contribution >= 0.6 is 11.6 Å². The van der Waals surface area contributed by atoms with E-state index in [1.54, 1.807) is 6.07 Å². The SMILES string of the molecule is NNC(=NC1CCCC1)c1ccc(F)c(Cl)c1. The fourth-order valence-corrected chi connectivity index (χ4v) is 2.24. The molecule has 1 aromatic carbocycles. The Morgan fingerprint density at radius 3 is 2.71 bits per heavy atom. The van der Waals surface area contributed by atoms with Gasteiger partial charge in [-0.3, -0.25) is 4.99 Å². The van der Waals surface area contributed by atoms with E-state index in [1.807, 2.05) is 0 Å². The maximum absolute atomic E-state index is 13.0. The van der Waals surface area contributed by atoms with Crippen molar-refractivity contribution in [1.82, 2.24) is 5.43 Å². The summed E-state index contributed by atoms with van der Waals surface area (Å²) >= 11 is 5.73. The van der Waals surface area contributed by atoms with Gasteiger partial charge < -0.3 is 5.43 Å². The Labute approximate surface area is 105 Å². The summed E-state index contributed by atoms with van der Waals surface area (Å²) in [7, 11) is 0. The van der Waals surface area contributed by atoms with Gasteiger partial charge in [0.1, 0.15) is 11.7 Å². The van der Waals surface area contributed by atoms with Crippen LogP contribution in [0.2, 0.25) is 5.02 Å². The summed E-state index contributed by atoms with van der Waals surface area (Å²) in [6.07, 6.45) is 4.58. The van der Waals surface area contributed by atoms with Crippen LogP contribution in [0.4, 0.5) is 4.39 Å². The predicted octanol–water partition coefficient (Wildman–Crippen LogP) is 2.63. The minimum absolute atomic E-state index is 0.0804. The molecule has 1 aliphatic rings. The van der Waals surface area contributed by atoms with E-state index in [1.165, 1.54) is 25.0 Å². The molecule has 0 aliphatic heterocycles. The Kier molecular flexibility index (Phi) is 3.97. The van der Waals surface area contributed by atoms with Gasteiger partial charge in [0, 0.05) is 5.56 Å². The molecule has 0 atom stereocenters. The lowest BCUT2D eigenvalue weighted by atomic mass is 10.2. The lowest BCUT2D eigenvalue weighted by molar-refractivity contribution is 0.628. The van der Waals surface area contributed by atoms with Crippen molar-refractivity contribution in [2.75, 3.05) is 0 Å². The lowest BCUT2D eigenvalue weighted by Gasteiger charge is -2.10. The summed E-state index contributed by atoms with van der Waals surface area (Å²) in [5.74, 6) is 5.58. The van der Waals surface area contributed by atoms with Crippen LogP contribution in [-0.4, -0.2) is 11.9 Å². The standard InChI is InChI=1S/C12H15ClFN3/c13-10-7-8(5-6-11(10)14)12(17-15)16-9-3-1-2-4-9/h5-7,9H,1-4,15H2,(H,16,17). The van der Waals surface area contributed by atoms with Crippen molar-refractivity contribution >= 4 is 17.4 Å². The molecule has 17 heavy (non-hydrogen) atoms. The maximum atomic E-state index is 13.0. The van der Waals surface area contributed by atoms with Gasteiger partial charge in [-0.2, -0.15) is 0 Å². The zero-order valence-electron chi connectivity index (χ0n) is 9.42. The first-order valence-electron chi connectivity index (χ1n) is 5.70. The van der Waals surface area contributed by atoms with Gasteiger partial charge >= 0.3 is 0 Å². The Bertz CT molecular complexity index is 428. The summed E-state index contributed by atoms with van der Waals surface area (Å²) < 4.78 is 13.0. The Morgan fingerprint density at radius 1 is 1.41 bits per heavy atom. The molecule has 0 bridgehead atoms. The van der Waals surface area contributed by atoms with Crippen LogP contribution in [0.3, 0.4) is 0 Å². The molecule has 1 aromatic rings. The molecule has 0 unspecified atom stereocenters. The van der Waals surface area contributed by atoms with Gasteiger partial charge in [-0.15, -0.1) is 0 Å². The zero-order valence-corrected chi connectivity index (χ0v) is 10.2. The summed E-state index contributed by atoms with van der Waals surface area (Å²) in [6.45, 7) is 0. The molecule has 3 nitrogen and oxygen atoms in total. The highest BCUT2D eigenvalue weighted by atomic mass is 35.5. The van der Waals surface area contributed by atoms with E-state index in [-0.39, 0.29) is 5.02 Å². The lowest BCUT2D eigenvalue weighted by Crippen LogP contribution is -2.32. The van der Waals surface area contributed by atoms with E-state index in [4.69, 9.17) is 17.4 Å². The molecule has 3 N–H and O–H groups in total. The van der Waals surface area contributed by atoms with Crippen molar-refractivity contribution < 1.29 is 4.39 Å². The van der Waals surface area contributed by atoms with Crippen LogP contribution in [0, 0.1) is 5.82 Å². The van der Waals surface area contributed by atoms with E-state index in [0.717, 1.165) is 12.8 Å². The molecule has 0 heterocycles. The highest BCUT2D eigenvalue weighted by Crippen LogP contribution is 2.22. The third-order valence-corrected chi connectivity index (χ3v) is 3.26. The number of halogens is 2. The monoisotopic (exact) mass is 255 g/mol. The first kappa shape index (κ1) is 12.3. The quantitative estimate of drug-likeness (QED) is 0.369. The van der Waals surface area contributed by atoms with E-state index >= 15 is 0 Å². The summed E-state index contributed by atoms with van der Waals surface area (Å²) in [5.41, 5.74) is 3.27. The van der Waals surface area contributed by atoms with Gasteiger partial charge in [-0.1, -0.05) is 24.4 Å². The number of amidine groups is 1. The highest BCUT2D eigenvalue weighted by Gasteiger charge is 2.15. The molecule has 1 aliphatic carbocycles. The van der Waals surface area contributed by atoms with Gasteiger partial charge in [0.2, 0.25) is 0 Å². The number of aliphatic imine (C=N–C) groups is 1. The first-order chi connectivity index (χ1) is 8.20. The maximum Gasteiger partial charge on any atom is 0.142 e. The molecule has 2 rings (SSSR count). The number of hydrazine groups is 1. The summed E-state index contributed by atoms with van der Waals surface area (Å²) in [4.78, 5) is 4.53. The number of nitrogens with two attached hydrogens (primary N) is 1. The average molecular weight is 256 g/mol. The second-order valence-corrected chi connectivity index (χ2v) is 4.60. The van der Waals surface area contributed by atoms with Crippen molar-refractivity contribution in [3.8, 4) is 0 Å². The minimum Gasteiger partial charge on any atom is -0.308 e. The first-order valence-corrected chi connectivity index (χ1v) is 6.08. The fourth-order valence-electron chi connectivity index (χ4n) is 2.05. The fraction of sp³-hybridized carbons (Fsp3) is 0.417. The smallest absolute Gasteiger partial charge is 0.142 e. The molecule has 0 spiro atoms. The van der Waals surface area contributed by atoms with Crippen LogP contribution in [-0.2, 0) is 0 Å². The number of rotatable bonds is 2. The largest absolute Gasteiger partial charge is 0.308 e. The normalized spacial score (nSPS) is 17.5. The number of hydrogen-bond donors (Lipinski definition) is 2. The molecule has 0 aromatic heterocycles. The number of benzene rings is 1.